The van der Waals surface area contributed by atoms with E-state index in [1.807, 2.05) is 25.3 Å². The molecule has 122 valence electrons. The number of hydrogen-bond donors (Lipinski definition) is 3. The van der Waals surface area contributed by atoms with Crippen molar-refractivity contribution >= 4 is 23.2 Å². The third-order valence-corrected chi connectivity index (χ3v) is 5.02. The third-order valence-electron chi connectivity index (χ3n) is 4.00. The van der Waals surface area contributed by atoms with Gasteiger partial charge in [-0.25, -0.2) is 0 Å². The summed E-state index contributed by atoms with van der Waals surface area (Å²) in [6.07, 6.45) is 0.845. The Labute approximate surface area is 134 Å². The average Bonchev–Trinajstić information content (AvgIpc) is 3.01. The maximum absolute atomic E-state index is 12.0. The Kier molecular flexibility index (Phi) is 5.55. The van der Waals surface area contributed by atoms with Gasteiger partial charge in [0.1, 0.15) is 0 Å². The molecule has 1 aliphatic rings. The quantitative estimate of drug-likeness (QED) is 0.691. The number of aryl methyl sites for hydroxylation is 1. The van der Waals surface area contributed by atoms with Gasteiger partial charge < -0.3 is 15.7 Å². The van der Waals surface area contributed by atoms with Crippen molar-refractivity contribution in [2.45, 2.75) is 32.4 Å². The second kappa shape index (κ2) is 7.21. The van der Waals surface area contributed by atoms with Crippen molar-refractivity contribution in [3.63, 3.8) is 0 Å². The summed E-state index contributed by atoms with van der Waals surface area (Å²) in [6.45, 7) is 6.41. The minimum atomic E-state index is -0.858. The predicted molar refractivity (Wildman–Crippen MR) is 86.0 cm³/mol. The van der Waals surface area contributed by atoms with E-state index in [0.717, 1.165) is 13.0 Å². The molecule has 0 saturated carbocycles. The Balaban J connectivity index is 1.74. The van der Waals surface area contributed by atoms with Crippen LogP contribution in [0.2, 0.25) is 0 Å². The van der Waals surface area contributed by atoms with Gasteiger partial charge in [-0.2, -0.15) is 0 Å². The SMILES string of the molecule is Cc1ccsc1CNC(=O)CN1CC[C@](C)(NCC(=O)O)C1. The minimum Gasteiger partial charge on any atom is -0.480 e. The van der Waals surface area contributed by atoms with Crippen LogP contribution >= 0.6 is 11.3 Å². The normalized spacial score (nSPS) is 21.9. The summed E-state index contributed by atoms with van der Waals surface area (Å²) in [7, 11) is 0. The van der Waals surface area contributed by atoms with Crippen LogP contribution in [0.1, 0.15) is 23.8 Å². The summed E-state index contributed by atoms with van der Waals surface area (Å²) in [5.41, 5.74) is 0.972. The number of likely N-dealkylation sites (tertiary alicyclic amines) is 1. The molecule has 0 unspecified atom stereocenters. The van der Waals surface area contributed by atoms with E-state index in [-0.39, 0.29) is 18.0 Å². The highest BCUT2D eigenvalue weighted by Gasteiger charge is 2.34. The van der Waals surface area contributed by atoms with Gasteiger partial charge in [-0.15, -0.1) is 11.3 Å². The smallest absolute Gasteiger partial charge is 0.317 e. The molecule has 0 radical (unpaired) electrons. The Bertz CT molecular complexity index is 546. The molecule has 7 heteroatoms. The average molecular weight is 325 g/mol. The number of carbonyl (C=O) groups is 2. The first-order valence-corrected chi connectivity index (χ1v) is 8.25. The van der Waals surface area contributed by atoms with Crippen molar-refractivity contribution in [1.82, 2.24) is 15.5 Å². The molecule has 1 amide bonds. The maximum atomic E-state index is 12.0. The second-order valence-corrected chi connectivity index (χ2v) is 7.07. The lowest BCUT2D eigenvalue weighted by Gasteiger charge is -2.25. The van der Waals surface area contributed by atoms with Crippen LogP contribution in [0.3, 0.4) is 0 Å². The van der Waals surface area contributed by atoms with Crippen LogP contribution in [0.25, 0.3) is 0 Å². The Hall–Kier alpha value is -1.44. The van der Waals surface area contributed by atoms with Gasteiger partial charge in [0.15, 0.2) is 0 Å². The van der Waals surface area contributed by atoms with E-state index in [4.69, 9.17) is 5.11 Å². The minimum absolute atomic E-state index is 0.00952. The summed E-state index contributed by atoms with van der Waals surface area (Å²) in [4.78, 5) is 25.9. The fourth-order valence-electron chi connectivity index (χ4n) is 2.65. The fourth-order valence-corrected chi connectivity index (χ4v) is 3.49. The molecule has 2 heterocycles. The van der Waals surface area contributed by atoms with Gasteiger partial charge in [0.25, 0.3) is 0 Å². The van der Waals surface area contributed by atoms with Gasteiger partial charge in [0, 0.05) is 23.5 Å². The number of amides is 1. The van der Waals surface area contributed by atoms with Crippen LogP contribution in [0.4, 0.5) is 0 Å². The molecule has 1 aliphatic heterocycles. The third kappa shape index (κ3) is 4.79. The number of carboxylic acid groups (broad SMARTS) is 1. The van der Waals surface area contributed by atoms with Gasteiger partial charge in [-0.05, 0) is 37.3 Å². The number of aliphatic carboxylic acids is 1. The molecule has 2 rings (SSSR count). The lowest BCUT2D eigenvalue weighted by molar-refractivity contribution is -0.136. The van der Waals surface area contributed by atoms with Crippen LogP contribution < -0.4 is 10.6 Å². The lowest BCUT2D eigenvalue weighted by Crippen LogP contribution is -2.47. The number of hydrogen-bond acceptors (Lipinski definition) is 5. The number of carbonyl (C=O) groups excluding carboxylic acids is 1. The molecule has 1 aromatic heterocycles. The first-order valence-electron chi connectivity index (χ1n) is 7.37. The molecule has 1 aromatic rings. The zero-order chi connectivity index (χ0) is 16.2. The van der Waals surface area contributed by atoms with Crippen molar-refractivity contribution in [3.05, 3.63) is 21.9 Å². The largest absolute Gasteiger partial charge is 0.480 e. The summed E-state index contributed by atoms with van der Waals surface area (Å²) >= 11 is 1.65. The zero-order valence-electron chi connectivity index (χ0n) is 13.0. The van der Waals surface area contributed by atoms with Crippen LogP contribution in [-0.2, 0) is 16.1 Å². The topological polar surface area (TPSA) is 81.7 Å². The van der Waals surface area contributed by atoms with Crippen molar-refractivity contribution < 1.29 is 14.7 Å². The molecule has 0 aromatic carbocycles. The Morgan fingerprint density at radius 3 is 2.91 bits per heavy atom. The number of nitrogens with one attached hydrogen (secondary N) is 2. The summed E-state index contributed by atoms with van der Waals surface area (Å²) < 4.78 is 0. The summed E-state index contributed by atoms with van der Waals surface area (Å²) in [5, 5.41) is 16.8. The predicted octanol–water partition coefficient (Wildman–Crippen LogP) is 0.811. The molecule has 1 saturated heterocycles. The van der Waals surface area contributed by atoms with E-state index in [9.17, 15) is 9.59 Å². The van der Waals surface area contributed by atoms with Crippen molar-refractivity contribution in [2.75, 3.05) is 26.2 Å². The standard InChI is InChI=1S/C15H23N3O3S/c1-11-3-6-22-12(11)7-16-13(19)9-18-5-4-15(2,10-18)17-8-14(20)21/h3,6,17H,4-5,7-10H2,1-2H3,(H,16,19)(H,20,21)/t15-/m0/s1. The van der Waals surface area contributed by atoms with Crippen molar-refractivity contribution in [1.29, 1.82) is 0 Å². The molecule has 22 heavy (non-hydrogen) atoms. The zero-order valence-corrected chi connectivity index (χ0v) is 13.8. The van der Waals surface area contributed by atoms with Gasteiger partial charge in [-0.3, -0.25) is 14.5 Å². The molecular formula is C15H23N3O3S. The first-order chi connectivity index (χ1) is 10.4. The lowest BCUT2D eigenvalue weighted by atomic mass is 10.0. The summed E-state index contributed by atoms with van der Waals surface area (Å²) in [5.74, 6) is -0.848. The highest BCUT2D eigenvalue weighted by molar-refractivity contribution is 7.10. The molecule has 3 N–H and O–H groups in total. The summed E-state index contributed by atoms with van der Waals surface area (Å²) in [6, 6.07) is 2.05. The molecule has 1 fully saturated rings. The number of rotatable bonds is 7. The van der Waals surface area contributed by atoms with Gasteiger partial charge in [-0.1, -0.05) is 0 Å². The van der Waals surface area contributed by atoms with E-state index < -0.39 is 5.97 Å². The molecule has 1 atom stereocenters. The molecule has 0 spiro atoms. The maximum Gasteiger partial charge on any atom is 0.317 e. The van der Waals surface area contributed by atoms with E-state index >= 15 is 0 Å². The molecular weight excluding hydrogens is 302 g/mol. The second-order valence-electron chi connectivity index (χ2n) is 6.07. The molecule has 6 nitrogen and oxygen atoms in total. The molecule has 0 aliphatic carbocycles. The highest BCUT2D eigenvalue weighted by atomic mass is 32.1. The van der Waals surface area contributed by atoms with Crippen LogP contribution in [-0.4, -0.2) is 53.6 Å². The number of nitrogens with zero attached hydrogens (tertiary/aromatic N) is 1. The van der Waals surface area contributed by atoms with Crippen molar-refractivity contribution in [2.24, 2.45) is 0 Å². The first kappa shape index (κ1) is 16.9. The van der Waals surface area contributed by atoms with E-state index in [1.54, 1.807) is 11.3 Å². The van der Waals surface area contributed by atoms with E-state index in [2.05, 4.69) is 15.5 Å². The number of carboxylic acids is 1. The van der Waals surface area contributed by atoms with Gasteiger partial charge >= 0.3 is 5.97 Å². The highest BCUT2D eigenvalue weighted by Crippen LogP contribution is 2.20. The monoisotopic (exact) mass is 325 g/mol. The Morgan fingerprint density at radius 1 is 1.50 bits per heavy atom. The van der Waals surface area contributed by atoms with E-state index in [0.29, 0.717) is 19.6 Å². The van der Waals surface area contributed by atoms with E-state index in [1.165, 1.54) is 10.4 Å². The van der Waals surface area contributed by atoms with Crippen molar-refractivity contribution in [3.8, 4) is 0 Å². The molecule has 0 bridgehead atoms. The van der Waals surface area contributed by atoms with Gasteiger partial charge in [0.05, 0.1) is 19.6 Å². The van der Waals surface area contributed by atoms with Crippen LogP contribution in [0.15, 0.2) is 11.4 Å². The van der Waals surface area contributed by atoms with Gasteiger partial charge in [0.2, 0.25) is 5.91 Å². The fraction of sp³-hybridized carbons (Fsp3) is 0.600. The number of thiophene rings is 1. The van der Waals surface area contributed by atoms with Crippen LogP contribution in [0.5, 0.6) is 0 Å². The Morgan fingerprint density at radius 2 is 2.27 bits per heavy atom. The van der Waals surface area contributed by atoms with Crippen LogP contribution in [0, 0.1) is 6.92 Å².